The van der Waals surface area contributed by atoms with E-state index in [-0.39, 0.29) is 0 Å². The standard InChI is InChI=1S/C7H13N3O/c1-5(2)4-6(3)9-10-7(8)11/h1,4H2,2-3H3,(H3,8,10,11). The van der Waals surface area contributed by atoms with Crippen LogP contribution in [0.3, 0.4) is 0 Å². The van der Waals surface area contributed by atoms with Crippen molar-refractivity contribution >= 4 is 11.7 Å². The number of hydrogen-bond acceptors (Lipinski definition) is 2. The number of nitrogens with zero attached hydrogens (tertiary/aromatic N) is 1. The van der Waals surface area contributed by atoms with Gasteiger partial charge in [-0.1, -0.05) is 12.2 Å². The van der Waals surface area contributed by atoms with E-state index in [1.807, 2.05) is 6.92 Å². The average molecular weight is 155 g/mol. The van der Waals surface area contributed by atoms with Crippen molar-refractivity contribution in [2.75, 3.05) is 0 Å². The molecule has 0 bridgehead atoms. The first-order valence-electron chi connectivity index (χ1n) is 3.25. The fraction of sp³-hybridized carbons (Fsp3) is 0.429. The van der Waals surface area contributed by atoms with Gasteiger partial charge in [0.25, 0.3) is 0 Å². The Balaban J connectivity index is 3.81. The molecule has 0 aromatic carbocycles. The first-order chi connectivity index (χ1) is 5.02. The largest absolute Gasteiger partial charge is 0.350 e. The fourth-order valence-electron chi connectivity index (χ4n) is 0.627. The quantitative estimate of drug-likeness (QED) is 0.356. The minimum absolute atomic E-state index is 0.647. The van der Waals surface area contributed by atoms with Crippen LogP contribution < -0.4 is 11.2 Å². The Kier molecular flexibility index (Phi) is 3.95. The summed E-state index contributed by atoms with van der Waals surface area (Å²) >= 11 is 0. The number of rotatable bonds is 3. The van der Waals surface area contributed by atoms with Crippen molar-refractivity contribution < 1.29 is 4.79 Å². The lowest BCUT2D eigenvalue weighted by Crippen LogP contribution is -2.25. The van der Waals surface area contributed by atoms with Crippen LogP contribution in [0.15, 0.2) is 17.3 Å². The number of nitrogens with one attached hydrogen (secondary N) is 1. The third kappa shape index (κ3) is 6.57. The monoisotopic (exact) mass is 155 g/mol. The molecule has 11 heavy (non-hydrogen) atoms. The van der Waals surface area contributed by atoms with Gasteiger partial charge in [-0.3, -0.25) is 0 Å². The van der Waals surface area contributed by atoms with E-state index < -0.39 is 6.03 Å². The highest BCUT2D eigenvalue weighted by atomic mass is 16.2. The van der Waals surface area contributed by atoms with Crippen molar-refractivity contribution in [3.8, 4) is 0 Å². The molecule has 0 fully saturated rings. The van der Waals surface area contributed by atoms with Crippen LogP contribution in [0.25, 0.3) is 0 Å². The van der Waals surface area contributed by atoms with Gasteiger partial charge in [-0.15, -0.1) is 0 Å². The van der Waals surface area contributed by atoms with Crippen molar-refractivity contribution in [1.82, 2.24) is 5.43 Å². The second-order valence-corrected chi connectivity index (χ2v) is 2.46. The zero-order valence-corrected chi connectivity index (χ0v) is 6.85. The molecular formula is C7H13N3O. The maximum Gasteiger partial charge on any atom is 0.332 e. The summed E-state index contributed by atoms with van der Waals surface area (Å²) in [7, 11) is 0. The Labute approximate surface area is 66.2 Å². The molecule has 0 aromatic rings. The molecule has 0 heterocycles. The van der Waals surface area contributed by atoms with Crippen LogP contribution >= 0.6 is 0 Å². The molecule has 0 saturated heterocycles. The number of hydrogen-bond donors (Lipinski definition) is 2. The first kappa shape index (κ1) is 9.68. The van der Waals surface area contributed by atoms with Crippen LogP contribution in [0, 0.1) is 0 Å². The summed E-state index contributed by atoms with van der Waals surface area (Å²) in [6, 6.07) is -0.647. The van der Waals surface area contributed by atoms with Gasteiger partial charge >= 0.3 is 6.03 Å². The lowest BCUT2D eigenvalue weighted by molar-refractivity contribution is 0.249. The van der Waals surface area contributed by atoms with Crippen LogP contribution in [0.4, 0.5) is 4.79 Å². The summed E-state index contributed by atoms with van der Waals surface area (Å²) in [5, 5.41) is 3.70. The summed E-state index contributed by atoms with van der Waals surface area (Å²) in [5.41, 5.74) is 8.71. The van der Waals surface area contributed by atoms with E-state index in [2.05, 4.69) is 17.1 Å². The van der Waals surface area contributed by atoms with E-state index in [1.54, 1.807) is 6.92 Å². The molecule has 0 saturated carbocycles. The van der Waals surface area contributed by atoms with Gasteiger partial charge in [0, 0.05) is 12.1 Å². The Morgan fingerprint density at radius 3 is 2.55 bits per heavy atom. The summed E-state index contributed by atoms with van der Waals surface area (Å²) < 4.78 is 0. The number of urea groups is 1. The highest BCUT2D eigenvalue weighted by molar-refractivity contribution is 5.85. The summed E-state index contributed by atoms with van der Waals surface area (Å²) in [6.45, 7) is 7.39. The van der Waals surface area contributed by atoms with Gasteiger partial charge in [0.2, 0.25) is 0 Å². The first-order valence-corrected chi connectivity index (χ1v) is 3.25. The molecule has 0 rings (SSSR count). The minimum atomic E-state index is -0.647. The van der Waals surface area contributed by atoms with Gasteiger partial charge in [-0.25, -0.2) is 10.2 Å². The van der Waals surface area contributed by atoms with Gasteiger partial charge in [0.1, 0.15) is 0 Å². The topological polar surface area (TPSA) is 67.5 Å². The molecular weight excluding hydrogens is 142 g/mol. The number of hydrazone groups is 1. The van der Waals surface area contributed by atoms with Gasteiger partial charge in [0.15, 0.2) is 0 Å². The van der Waals surface area contributed by atoms with E-state index in [9.17, 15) is 4.79 Å². The average Bonchev–Trinajstić information content (AvgIpc) is 1.82. The van der Waals surface area contributed by atoms with Gasteiger partial charge in [-0.05, 0) is 13.8 Å². The molecule has 0 aliphatic heterocycles. The molecule has 0 atom stereocenters. The van der Waals surface area contributed by atoms with Gasteiger partial charge < -0.3 is 5.73 Å². The highest BCUT2D eigenvalue weighted by Crippen LogP contribution is 1.96. The molecule has 0 aromatic heterocycles. The number of carbonyl (C=O) groups is 1. The van der Waals surface area contributed by atoms with E-state index in [1.165, 1.54) is 0 Å². The maximum atomic E-state index is 10.2. The lowest BCUT2D eigenvalue weighted by atomic mass is 10.2. The number of nitrogens with two attached hydrogens (primary N) is 1. The SMILES string of the molecule is C=C(C)CC(C)=NNC(N)=O. The van der Waals surface area contributed by atoms with E-state index in [0.29, 0.717) is 6.42 Å². The zero-order chi connectivity index (χ0) is 8.85. The molecule has 0 aliphatic rings. The zero-order valence-electron chi connectivity index (χ0n) is 6.85. The fourth-order valence-corrected chi connectivity index (χ4v) is 0.627. The lowest BCUT2D eigenvalue weighted by Gasteiger charge is -1.98. The van der Waals surface area contributed by atoms with Crippen molar-refractivity contribution in [3.63, 3.8) is 0 Å². The molecule has 0 radical (unpaired) electrons. The second-order valence-electron chi connectivity index (χ2n) is 2.46. The third-order valence-electron chi connectivity index (χ3n) is 0.915. The van der Waals surface area contributed by atoms with Crippen LogP contribution in [0.1, 0.15) is 20.3 Å². The van der Waals surface area contributed by atoms with Crippen molar-refractivity contribution in [2.24, 2.45) is 10.8 Å². The van der Waals surface area contributed by atoms with Gasteiger partial charge in [-0.2, -0.15) is 5.10 Å². The van der Waals surface area contributed by atoms with Crippen molar-refractivity contribution in [2.45, 2.75) is 20.3 Å². The van der Waals surface area contributed by atoms with Gasteiger partial charge in [0.05, 0.1) is 0 Å². The molecule has 62 valence electrons. The number of allylic oxidation sites excluding steroid dienone is 1. The predicted octanol–water partition coefficient (Wildman–Crippen LogP) is 0.997. The Morgan fingerprint density at radius 2 is 2.18 bits per heavy atom. The van der Waals surface area contributed by atoms with Crippen molar-refractivity contribution in [1.29, 1.82) is 0 Å². The van der Waals surface area contributed by atoms with Crippen LogP contribution in [0.5, 0.6) is 0 Å². The number of amides is 2. The minimum Gasteiger partial charge on any atom is -0.350 e. The van der Waals surface area contributed by atoms with E-state index in [0.717, 1.165) is 11.3 Å². The molecule has 0 aliphatic carbocycles. The Bertz CT molecular complexity index is 196. The van der Waals surface area contributed by atoms with E-state index in [4.69, 9.17) is 5.73 Å². The molecule has 2 amide bonds. The summed E-state index contributed by atoms with van der Waals surface area (Å²) in [6.07, 6.45) is 0.681. The van der Waals surface area contributed by atoms with E-state index >= 15 is 0 Å². The van der Waals surface area contributed by atoms with Crippen molar-refractivity contribution in [3.05, 3.63) is 12.2 Å². The molecule has 3 N–H and O–H groups in total. The smallest absolute Gasteiger partial charge is 0.332 e. The molecule has 4 nitrogen and oxygen atoms in total. The highest BCUT2D eigenvalue weighted by Gasteiger charge is 1.92. The Morgan fingerprint density at radius 1 is 1.64 bits per heavy atom. The number of carbonyl (C=O) groups excluding carboxylic acids is 1. The maximum absolute atomic E-state index is 10.2. The summed E-state index contributed by atoms with van der Waals surface area (Å²) in [5.74, 6) is 0. The third-order valence-corrected chi connectivity index (χ3v) is 0.915. The second kappa shape index (κ2) is 4.49. The van der Waals surface area contributed by atoms with Crippen LogP contribution in [-0.4, -0.2) is 11.7 Å². The predicted molar refractivity (Wildman–Crippen MR) is 45.3 cm³/mol. The Hall–Kier alpha value is -1.32. The normalized spacial score (nSPS) is 10.9. The molecule has 0 unspecified atom stereocenters. The summed E-state index contributed by atoms with van der Waals surface area (Å²) in [4.78, 5) is 10.2. The van der Waals surface area contributed by atoms with Crippen LogP contribution in [-0.2, 0) is 0 Å². The molecule has 4 heteroatoms. The van der Waals surface area contributed by atoms with Crippen LogP contribution in [0.2, 0.25) is 0 Å². The number of primary amides is 1. The molecule has 0 spiro atoms.